The third kappa shape index (κ3) is 2.32. The SMILES string of the molecule is CC1CCCCC1Nc1ccc2c(c1)COC2. The maximum absolute atomic E-state index is 5.45. The van der Waals surface area contributed by atoms with Gasteiger partial charge < -0.3 is 10.1 Å². The van der Waals surface area contributed by atoms with Gasteiger partial charge in [0.05, 0.1) is 13.2 Å². The van der Waals surface area contributed by atoms with Crippen LogP contribution in [0.5, 0.6) is 0 Å². The lowest BCUT2D eigenvalue weighted by atomic mass is 9.86. The number of anilines is 1. The van der Waals surface area contributed by atoms with Crippen LogP contribution < -0.4 is 5.32 Å². The summed E-state index contributed by atoms with van der Waals surface area (Å²) in [4.78, 5) is 0. The molecule has 1 aliphatic heterocycles. The first-order valence-corrected chi connectivity index (χ1v) is 6.79. The Morgan fingerprint density at radius 2 is 1.94 bits per heavy atom. The van der Waals surface area contributed by atoms with Gasteiger partial charge in [0.2, 0.25) is 0 Å². The van der Waals surface area contributed by atoms with Crippen LogP contribution in [0, 0.1) is 5.92 Å². The molecule has 2 heteroatoms. The van der Waals surface area contributed by atoms with Gasteiger partial charge in [-0.1, -0.05) is 25.8 Å². The maximum atomic E-state index is 5.45. The zero-order chi connectivity index (χ0) is 11.7. The highest BCUT2D eigenvalue weighted by Crippen LogP contribution is 2.29. The molecule has 0 amide bonds. The van der Waals surface area contributed by atoms with E-state index in [1.54, 1.807) is 0 Å². The van der Waals surface area contributed by atoms with Gasteiger partial charge in [-0.05, 0) is 42.0 Å². The van der Waals surface area contributed by atoms with E-state index in [4.69, 9.17) is 4.74 Å². The topological polar surface area (TPSA) is 21.3 Å². The van der Waals surface area contributed by atoms with Gasteiger partial charge in [0.1, 0.15) is 0 Å². The van der Waals surface area contributed by atoms with Crippen LogP contribution in [-0.4, -0.2) is 6.04 Å². The molecule has 0 saturated heterocycles. The monoisotopic (exact) mass is 231 g/mol. The van der Waals surface area contributed by atoms with Crippen LogP contribution >= 0.6 is 0 Å². The van der Waals surface area contributed by atoms with Gasteiger partial charge in [-0.2, -0.15) is 0 Å². The molecule has 1 aromatic carbocycles. The Hall–Kier alpha value is -1.02. The Labute approximate surface area is 103 Å². The van der Waals surface area contributed by atoms with E-state index in [9.17, 15) is 0 Å². The molecule has 0 radical (unpaired) electrons. The quantitative estimate of drug-likeness (QED) is 0.837. The number of hydrogen-bond donors (Lipinski definition) is 1. The lowest BCUT2D eigenvalue weighted by molar-refractivity contribution is 0.134. The van der Waals surface area contributed by atoms with E-state index >= 15 is 0 Å². The average Bonchev–Trinajstić information content (AvgIpc) is 2.79. The molecule has 0 aromatic heterocycles. The van der Waals surface area contributed by atoms with E-state index in [0.717, 1.165) is 19.1 Å². The molecule has 0 spiro atoms. The highest BCUT2D eigenvalue weighted by molar-refractivity contribution is 5.50. The van der Waals surface area contributed by atoms with Crippen LogP contribution in [0.25, 0.3) is 0 Å². The first-order valence-electron chi connectivity index (χ1n) is 6.79. The first-order chi connectivity index (χ1) is 8.33. The molecule has 2 unspecified atom stereocenters. The number of fused-ring (bicyclic) bond motifs is 1. The number of nitrogens with one attached hydrogen (secondary N) is 1. The second-order valence-electron chi connectivity index (χ2n) is 5.49. The van der Waals surface area contributed by atoms with Crippen molar-refractivity contribution in [3.63, 3.8) is 0 Å². The summed E-state index contributed by atoms with van der Waals surface area (Å²) < 4.78 is 5.45. The lowest BCUT2D eigenvalue weighted by Gasteiger charge is -2.30. The first kappa shape index (κ1) is 11.1. The molecule has 2 atom stereocenters. The molecule has 2 nitrogen and oxygen atoms in total. The van der Waals surface area contributed by atoms with Crippen LogP contribution in [-0.2, 0) is 18.0 Å². The third-order valence-corrected chi connectivity index (χ3v) is 4.18. The third-order valence-electron chi connectivity index (χ3n) is 4.18. The zero-order valence-electron chi connectivity index (χ0n) is 10.5. The molecule has 1 saturated carbocycles. The number of benzene rings is 1. The predicted molar refractivity (Wildman–Crippen MR) is 70.0 cm³/mol. The Bertz CT molecular complexity index is 402. The number of rotatable bonds is 2. The molecule has 1 aromatic rings. The Balaban J connectivity index is 1.72. The average molecular weight is 231 g/mol. The van der Waals surface area contributed by atoms with Crippen molar-refractivity contribution in [2.75, 3.05) is 5.32 Å². The summed E-state index contributed by atoms with van der Waals surface area (Å²) in [5.41, 5.74) is 3.98. The fourth-order valence-corrected chi connectivity index (χ4v) is 3.01. The molecule has 1 aliphatic carbocycles. The van der Waals surface area contributed by atoms with E-state index < -0.39 is 0 Å². The van der Waals surface area contributed by atoms with Crippen molar-refractivity contribution in [1.82, 2.24) is 0 Å². The Kier molecular flexibility index (Phi) is 3.06. The minimum absolute atomic E-state index is 0.657. The summed E-state index contributed by atoms with van der Waals surface area (Å²) in [6.45, 7) is 3.94. The van der Waals surface area contributed by atoms with Gasteiger partial charge in [-0.3, -0.25) is 0 Å². The van der Waals surface area contributed by atoms with Crippen molar-refractivity contribution < 1.29 is 4.74 Å². The summed E-state index contributed by atoms with van der Waals surface area (Å²) >= 11 is 0. The Morgan fingerprint density at radius 3 is 2.82 bits per heavy atom. The standard InChI is InChI=1S/C15H21NO/c1-11-4-2-3-5-15(11)16-14-7-6-12-9-17-10-13(12)8-14/h6-8,11,15-16H,2-5,9-10H2,1H3. The van der Waals surface area contributed by atoms with Crippen LogP contribution in [0.3, 0.4) is 0 Å². The Morgan fingerprint density at radius 1 is 1.12 bits per heavy atom. The van der Waals surface area contributed by atoms with Gasteiger partial charge in [0, 0.05) is 11.7 Å². The van der Waals surface area contributed by atoms with Crippen LogP contribution in [0.4, 0.5) is 5.69 Å². The summed E-state index contributed by atoms with van der Waals surface area (Å²) in [5.74, 6) is 0.799. The summed E-state index contributed by atoms with van der Waals surface area (Å²) in [6, 6.07) is 7.33. The van der Waals surface area contributed by atoms with E-state index in [0.29, 0.717) is 6.04 Å². The second-order valence-corrected chi connectivity index (χ2v) is 5.49. The minimum atomic E-state index is 0.657. The van der Waals surface area contributed by atoms with Gasteiger partial charge in [-0.15, -0.1) is 0 Å². The van der Waals surface area contributed by atoms with Crippen molar-refractivity contribution in [3.05, 3.63) is 29.3 Å². The summed E-state index contributed by atoms with van der Waals surface area (Å²) in [6.07, 6.45) is 5.45. The van der Waals surface area contributed by atoms with E-state index in [1.165, 1.54) is 42.5 Å². The molecule has 92 valence electrons. The fraction of sp³-hybridized carbons (Fsp3) is 0.600. The van der Waals surface area contributed by atoms with E-state index in [1.807, 2.05) is 0 Å². The van der Waals surface area contributed by atoms with Crippen LogP contribution in [0.15, 0.2) is 18.2 Å². The molecule has 2 aliphatic rings. The molecule has 1 heterocycles. The van der Waals surface area contributed by atoms with Gasteiger partial charge in [0.25, 0.3) is 0 Å². The zero-order valence-corrected chi connectivity index (χ0v) is 10.5. The number of ether oxygens (including phenoxy) is 1. The van der Waals surface area contributed by atoms with Gasteiger partial charge >= 0.3 is 0 Å². The maximum Gasteiger partial charge on any atom is 0.0725 e. The molecule has 17 heavy (non-hydrogen) atoms. The van der Waals surface area contributed by atoms with E-state index in [-0.39, 0.29) is 0 Å². The highest BCUT2D eigenvalue weighted by atomic mass is 16.5. The van der Waals surface area contributed by atoms with Crippen molar-refractivity contribution in [2.24, 2.45) is 5.92 Å². The minimum Gasteiger partial charge on any atom is -0.382 e. The van der Waals surface area contributed by atoms with Crippen molar-refractivity contribution in [3.8, 4) is 0 Å². The van der Waals surface area contributed by atoms with E-state index in [2.05, 4.69) is 30.4 Å². The highest BCUT2D eigenvalue weighted by Gasteiger charge is 2.21. The molecular formula is C15H21NO. The van der Waals surface area contributed by atoms with Crippen LogP contribution in [0.2, 0.25) is 0 Å². The van der Waals surface area contributed by atoms with Crippen molar-refractivity contribution >= 4 is 5.69 Å². The van der Waals surface area contributed by atoms with Crippen LogP contribution in [0.1, 0.15) is 43.7 Å². The van der Waals surface area contributed by atoms with Gasteiger partial charge in [-0.25, -0.2) is 0 Å². The molecular weight excluding hydrogens is 210 g/mol. The smallest absolute Gasteiger partial charge is 0.0725 e. The second kappa shape index (κ2) is 4.69. The lowest BCUT2D eigenvalue weighted by Crippen LogP contribution is -2.30. The fourth-order valence-electron chi connectivity index (χ4n) is 3.01. The largest absolute Gasteiger partial charge is 0.382 e. The molecule has 1 fully saturated rings. The van der Waals surface area contributed by atoms with Gasteiger partial charge in [0.15, 0.2) is 0 Å². The molecule has 3 rings (SSSR count). The van der Waals surface area contributed by atoms with Crippen molar-refractivity contribution in [1.29, 1.82) is 0 Å². The normalized spacial score (nSPS) is 27.8. The van der Waals surface area contributed by atoms with Crippen molar-refractivity contribution in [2.45, 2.75) is 51.9 Å². The summed E-state index contributed by atoms with van der Waals surface area (Å²) in [5, 5.41) is 3.70. The number of hydrogen-bond acceptors (Lipinski definition) is 2. The predicted octanol–water partition coefficient (Wildman–Crippen LogP) is 3.71. The molecule has 1 N–H and O–H groups in total. The molecule has 0 bridgehead atoms. The summed E-state index contributed by atoms with van der Waals surface area (Å²) in [7, 11) is 0.